The van der Waals surface area contributed by atoms with E-state index in [-0.39, 0.29) is 30.2 Å². The van der Waals surface area contributed by atoms with Crippen molar-refractivity contribution >= 4 is 23.5 Å². The van der Waals surface area contributed by atoms with E-state index in [1.54, 1.807) is 12.0 Å². The molecule has 4 amide bonds. The standard InChI is InChI=1S/C30H39N3O4/c1-20(2)24-13-10-14-25(21(3)4)27(24)31-26(34)19-32-28(35)30(15-7-6-8-16-30)33(29(32)36)18-22-11-9-12-23(17-22)37-5/h9-14,17,20-21H,6-8,15-16,18-19H2,1-5H3,(H,31,34). The van der Waals surface area contributed by atoms with Gasteiger partial charge < -0.3 is 15.0 Å². The summed E-state index contributed by atoms with van der Waals surface area (Å²) in [6, 6.07) is 13.2. The van der Waals surface area contributed by atoms with Crippen molar-refractivity contribution in [3.05, 3.63) is 59.2 Å². The summed E-state index contributed by atoms with van der Waals surface area (Å²) in [5.41, 5.74) is 2.88. The van der Waals surface area contributed by atoms with Crippen LogP contribution in [0.25, 0.3) is 0 Å². The van der Waals surface area contributed by atoms with E-state index in [0.29, 0.717) is 25.1 Å². The Labute approximate surface area is 220 Å². The fourth-order valence-corrected chi connectivity index (χ4v) is 5.73. The molecule has 2 aromatic carbocycles. The first-order valence-corrected chi connectivity index (χ1v) is 13.4. The lowest BCUT2D eigenvalue weighted by molar-refractivity contribution is -0.137. The topological polar surface area (TPSA) is 79.0 Å². The Morgan fingerprint density at radius 3 is 2.19 bits per heavy atom. The molecule has 1 aliphatic carbocycles. The molecule has 0 radical (unpaired) electrons. The number of methoxy groups -OCH3 is 1. The van der Waals surface area contributed by atoms with Gasteiger partial charge in [-0.3, -0.25) is 14.5 Å². The molecule has 2 fully saturated rings. The zero-order valence-corrected chi connectivity index (χ0v) is 22.7. The number of urea groups is 1. The van der Waals surface area contributed by atoms with Crippen molar-refractivity contribution in [1.29, 1.82) is 0 Å². The number of rotatable bonds is 8. The van der Waals surface area contributed by atoms with Crippen LogP contribution in [0.2, 0.25) is 0 Å². The van der Waals surface area contributed by atoms with Crippen molar-refractivity contribution in [2.24, 2.45) is 0 Å². The maximum atomic E-state index is 13.8. The molecule has 2 aliphatic rings. The summed E-state index contributed by atoms with van der Waals surface area (Å²) in [4.78, 5) is 43.7. The summed E-state index contributed by atoms with van der Waals surface area (Å²) >= 11 is 0. The van der Waals surface area contributed by atoms with Gasteiger partial charge >= 0.3 is 6.03 Å². The largest absolute Gasteiger partial charge is 0.497 e. The number of nitrogens with one attached hydrogen (secondary N) is 1. The van der Waals surface area contributed by atoms with Gasteiger partial charge in [-0.1, -0.05) is 77.3 Å². The zero-order valence-electron chi connectivity index (χ0n) is 22.7. The molecule has 0 unspecified atom stereocenters. The first-order chi connectivity index (χ1) is 17.7. The Kier molecular flexibility index (Phi) is 7.90. The first-order valence-electron chi connectivity index (χ1n) is 13.4. The Bertz CT molecular complexity index is 1140. The summed E-state index contributed by atoms with van der Waals surface area (Å²) in [7, 11) is 1.61. The van der Waals surface area contributed by atoms with Gasteiger partial charge in [0.1, 0.15) is 17.8 Å². The SMILES string of the molecule is COc1cccc(CN2C(=O)N(CC(=O)Nc3c(C(C)C)cccc3C(C)C)C(=O)C23CCCCC3)c1. The summed E-state index contributed by atoms with van der Waals surface area (Å²) in [5, 5.41) is 3.06. The van der Waals surface area contributed by atoms with Gasteiger partial charge in [0.15, 0.2) is 0 Å². The molecule has 7 nitrogen and oxygen atoms in total. The Morgan fingerprint density at radius 2 is 1.59 bits per heavy atom. The number of hydrogen-bond acceptors (Lipinski definition) is 4. The van der Waals surface area contributed by atoms with Crippen LogP contribution in [-0.2, 0) is 16.1 Å². The lowest BCUT2D eigenvalue weighted by Crippen LogP contribution is -2.50. The molecule has 1 spiro atoms. The third-order valence-corrected chi connectivity index (χ3v) is 7.72. The molecule has 37 heavy (non-hydrogen) atoms. The van der Waals surface area contributed by atoms with Crippen LogP contribution in [0.4, 0.5) is 10.5 Å². The normalized spacial score (nSPS) is 17.3. The summed E-state index contributed by atoms with van der Waals surface area (Å²) in [5.74, 6) is 0.525. The van der Waals surface area contributed by atoms with Gasteiger partial charge in [-0.2, -0.15) is 0 Å². The predicted octanol–water partition coefficient (Wildman–Crippen LogP) is 6.05. The van der Waals surface area contributed by atoms with Crippen molar-refractivity contribution in [2.75, 3.05) is 19.0 Å². The van der Waals surface area contributed by atoms with E-state index in [9.17, 15) is 14.4 Å². The predicted molar refractivity (Wildman–Crippen MR) is 145 cm³/mol. The van der Waals surface area contributed by atoms with Crippen molar-refractivity contribution in [2.45, 2.75) is 83.7 Å². The highest BCUT2D eigenvalue weighted by Crippen LogP contribution is 2.41. The minimum absolute atomic E-state index is 0.216. The number of nitrogens with zero attached hydrogens (tertiary/aromatic N) is 2. The number of carbonyl (C=O) groups excluding carboxylic acids is 3. The molecule has 1 saturated heterocycles. The van der Waals surface area contributed by atoms with Gasteiger partial charge in [-0.05, 0) is 53.5 Å². The maximum Gasteiger partial charge on any atom is 0.328 e. The average molecular weight is 506 g/mol. The number of hydrogen-bond donors (Lipinski definition) is 1. The third kappa shape index (κ3) is 5.22. The molecule has 4 rings (SSSR count). The Hall–Kier alpha value is -3.35. The number of carbonyl (C=O) groups is 3. The van der Waals surface area contributed by atoms with Crippen LogP contribution in [0.1, 0.15) is 88.3 Å². The third-order valence-electron chi connectivity index (χ3n) is 7.72. The number of imide groups is 1. The van der Waals surface area contributed by atoms with Crippen LogP contribution in [0, 0.1) is 0 Å². The van der Waals surface area contributed by atoms with Crippen LogP contribution < -0.4 is 10.1 Å². The van der Waals surface area contributed by atoms with Crippen molar-refractivity contribution in [3.63, 3.8) is 0 Å². The molecule has 1 N–H and O–H groups in total. The van der Waals surface area contributed by atoms with Gasteiger partial charge in [-0.15, -0.1) is 0 Å². The summed E-state index contributed by atoms with van der Waals surface area (Å²) in [6.07, 6.45) is 4.04. The lowest BCUT2D eigenvalue weighted by Gasteiger charge is -2.38. The van der Waals surface area contributed by atoms with Gasteiger partial charge in [0.05, 0.1) is 7.11 Å². The van der Waals surface area contributed by atoms with Crippen LogP contribution in [0.5, 0.6) is 5.75 Å². The molecule has 0 atom stereocenters. The highest BCUT2D eigenvalue weighted by molar-refractivity contribution is 6.10. The zero-order chi connectivity index (χ0) is 26.7. The molecule has 2 aromatic rings. The number of benzene rings is 2. The lowest BCUT2D eigenvalue weighted by atomic mass is 9.80. The molecule has 0 bridgehead atoms. The second kappa shape index (κ2) is 11.0. The Balaban J connectivity index is 1.60. The smallest absolute Gasteiger partial charge is 0.328 e. The monoisotopic (exact) mass is 505 g/mol. The van der Waals surface area contributed by atoms with Gasteiger partial charge in [0.2, 0.25) is 5.91 Å². The van der Waals surface area contributed by atoms with E-state index in [0.717, 1.165) is 46.5 Å². The fourth-order valence-electron chi connectivity index (χ4n) is 5.73. The summed E-state index contributed by atoms with van der Waals surface area (Å²) < 4.78 is 5.35. The van der Waals surface area contributed by atoms with Gasteiger partial charge in [0, 0.05) is 12.2 Å². The van der Waals surface area contributed by atoms with Crippen LogP contribution in [-0.4, -0.2) is 46.8 Å². The van der Waals surface area contributed by atoms with E-state index in [4.69, 9.17) is 4.74 Å². The highest BCUT2D eigenvalue weighted by Gasteiger charge is 2.57. The van der Waals surface area contributed by atoms with E-state index >= 15 is 0 Å². The van der Waals surface area contributed by atoms with E-state index in [1.165, 1.54) is 0 Å². The second-order valence-corrected chi connectivity index (χ2v) is 10.9. The van der Waals surface area contributed by atoms with Crippen LogP contribution >= 0.6 is 0 Å². The molecule has 198 valence electrons. The number of amides is 4. The van der Waals surface area contributed by atoms with Crippen LogP contribution in [0.3, 0.4) is 0 Å². The first kappa shape index (κ1) is 26.7. The Morgan fingerprint density at radius 1 is 0.973 bits per heavy atom. The molecule has 7 heteroatoms. The molecule has 1 aliphatic heterocycles. The quantitative estimate of drug-likeness (QED) is 0.443. The van der Waals surface area contributed by atoms with Crippen molar-refractivity contribution in [1.82, 2.24) is 9.80 Å². The van der Waals surface area contributed by atoms with Gasteiger partial charge in [0.25, 0.3) is 5.91 Å². The van der Waals surface area contributed by atoms with E-state index in [1.807, 2.05) is 42.5 Å². The highest BCUT2D eigenvalue weighted by atomic mass is 16.5. The van der Waals surface area contributed by atoms with Crippen molar-refractivity contribution in [3.8, 4) is 5.75 Å². The summed E-state index contributed by atoms with van der Waals surface area (Å²) in [6.45, 7) is 8.36. The minimum Gasteiger partial charge on any atom is -0.497 e. The molecule has 1 heterocycles. The minimum atomic E-state index is -0.891. The molecule has 1 saturated carbocycles. The molecule has 0 aromatic heterocycles. The van der Waals surface area contributed by atoms with Crippen LogP contribution in [0.15, 0.2) is 42.5 Å². The van der Waals surface area contributed by atoms with Crippen molar-refractivity contribution < 1.29 is 19.1 Å². The van der Waals surface area contributed by atoms with E-state index in [2.05, 4.69) is 33.0 Å². The number of para-hydroxylation sites is 1. The maximum absolute atomic E-state index is 13.8. The average Bonchev–Trinajstić information content (AvgIpc) is 3.05. The second-order valence-electron chi connectivity index (χ2n) is 10.9. The molecular formula is C30H39N3O4. The molecular weight excluding hydrogens is 466 g/mol. The fraction of sp³-hybridized carbons (Fsp3) is 0.500. The number of anilines is 1. The van der Waals surface area contributed by atoms with Gasteiger partial charge in [-0.25, -0.2) is 4.79 Å². The van der Waals surface area contributed by atoms with E-state index < -0.39 is 11.6 Å². The number of ether oxygens (including phenoxy) is 1.